The second-order valence-corrected chi connectivity index (χ2v) is 6.57. The molecule has 0 amide bonds. The first-order valence-electron chi connectivity index (χ1n) is 7.72. The second kappa shape index (κ2) is 6.07. The summed E-state index contributed by atoms with van der Waals surface area (Å²) in [6.45, 7) is 1.93. The Kier molecular flexibility index (Phi) is 3.90. The number of fused-ring (bicyclic) bond motifs is 1. The summed E-state index contributed by atoms with van der Waals surface area (Å²) in [5.74, 6) is 0.687. The Bertz CT molecular complexity index is 980. The average Bonchev–Trinajstić information content (AvgIpc) is 3.12. The van der Waals surface area contributed by atoms with Crippen LogP contribution in [-0.2, 0) is 0 Å². The van der Waals surface area contributed by atoms with Gasteiger partial charge in [-0.05, 0) is 37.1 Å². The van der Waals surface area contributed by atoms with Crippen LogP contribution in [0, 0.1) is 0 Å². The highest BCUT2D eigenvalue weighted by Gasteiger charge is 2.16. The highest BCUT2D eigenvalue weighted by molar-refractivity contribution is 6.42. The monoisotopic (exact) mass is 360 g/mol. The largest absolute Gasteiger partial charge is 0.341 e. The summed E-state index contributed by atoms with van der Waals surface area (Å²) in [6, 6.07) is 6.90. The lowest BCUT2D eigenvalue weighted by atomic mass is 10.2. The quantitative estimate of drug-likeness (QED) is 0.699. The molecule has 1 aliphatic heterocycles. The maximum atomic E-state index is 12.8. The van der Waals surface area contributed by atoms with Gasteiger partial charge in [0.25, 0.3) is 5.56 Å². The first kappa shape index (κ1) is 15.4. The van der Waals surface area contributed by atoms with Gasteiger partial charge in [0, 0.05) is 25.5 Å². The summed E-state index contributed by atoms with van der Waals surface area (Å²) in [5.41, 5.74) is 1.12. The third kappa shape index (κ3) is 2.64. The third-order valence-electron chi connectivity index (χ3n) is 4.21. The number of hydrogen-bond donors (Lipinski definition) is 0. The van der Waals surface area contributed by atoms with Gasteiger partial charge in [0.05, 0.1) is 26.6 Å². The van der Waals surface area contributed by atoms with Crippen molar-refractivity contribution >= 4 is 40.1 Å². The van der Waals surface area contributed by atoms with Crippen molar-refractivity contribution in [2.75, 3.05) is 18.0 Å². The number of aromatic nitrogens is 3. The molecule has 0 radical (unpaired) electrons. The van der Waals surface area contributed by atoms with Crippen LogP contribution >= 0.6 is 23.2 Å². The zero-order valence-corrected chi connectivity index (χ0v) is 14.3. The van der Waals surface area contributed by atoms with Crippen molar-refractivity contribution in [3.8, 4) is 5.69 Å². The van der Waals surface area contributed by atoms with Crippen molar-refractivity contribution in [2.24, 2.45) is 0 Å². The van der Waals surface area contributed by atoms with Gasteiger partial charge in [-0.15, -0.1) is 0 Å². The van der Waals surface area contributed by atoms with Gasteiger partial charge in [0.1, 0.15) is 0 Å². The minimum Gasteiger partial charge on any atom is -0.341 e. The molecule has 0 N–H and O–H groups in total. The van der Waals surface area contributed by atoms with E-state index in [2.05, 4.69) is 14.9 Å². The fourth-order valence-electron chi connectivity index (χ4n) is 2.93. The maximum Gasteiger partial charge on any atom is 0.266 e. The molecule has 24 heavy (non-hydrogen) atoms. The van der Waals surface area contributed by atoms with E-state index >= 15 is 0 Å². The van der Waals surface area contributed by atoms with E-state index in [1.165, 1.54) is 4.57 Å². The number of hydrogen-bond acceptors (Lipinski definition) is 4. The lowest BCUT2D eigenvalue weighted by molar-refractivity contribution is 0.904. The van der Waals surface area contributed by atoms with E-state index in [1.54, 1.807) is 30.6 Å². The molecule has 3 heterocycles. The Morgan fingerprint density at radius 1 is 1.04 bits per heavy atom. The Hall–Kier alpha value is -2.11. The lowest BCUT2D eigenvalue weighted by Gasteiger charge is -2.15. The van der Waals surface area contributed by atoms with Crippen molar-refractivity contribution in [3.05, 3.63) is 57.1 Å². The number of benzene rings is 1. The van der Waals surface area contributed by atoms with E-state index in [1.807, 2.05) is 6.07 Å². The Morgan fingerprint density at radius 3 is 2.58 bits per heavy atom. The highest BCUT2D eigenvalue weighted by atomic mass is 35.5. The Labute approximate surface area is 148 Å². The van der Waals surface area contributed by atoms with Crippen molar-refractivity contribution in [3.63, 3.8) is 0 Å². The van der Waals surface area contributed by atoms with Gasteiger partial charge in [-0.1, -0.05) is 23.2 Å². The lowest BCUT2D eigenvalue weighted by Crippen LogP contribution is -2.22. The van der Waals surface area contributed by atoms with Gasteiger partial charge in [0.15, 0.2) is 0 Å². The van der Waals surface area contributed by atoms with Gasteiger partial charge in [-0.25, -0.2) is 9.97 Å². The molecule has 3 aromatic rings. The number of pyridine rings is 1. The predicted octanol–water partition coefficient (Wildman–Crippen LogP) is 3.69. The summed E-state index contributed by atoms with van der Waals surface area (Å²) in [6.07, 6.45) is 5.61. The fraction of sp³-hybridized carbons (Fsp3) is 0.235. The van der Waals surface area contributed by atoms with Crippen LogP contribution < -0.4 is 10.5 Å². The first-order chi connectivity index (χ1) is 11.6. The van der Waals surface area contributed by atoms with Crippen LogP contribution in [0.25, 0.3) is 16.6 Å². The van der Waals surface area contributed by atoms with Gasteiger partial charge in [-0.3, -0.25) is 9.36 Å². The van der Waals surface area contributed by atoms with Gasteiger partial charge < -0.3 is 4.90 Å². The molecule has 0 aliphatic carbocycles. The van der Waals surface area contributed by atoms with E-state index in [0.717, 1.165) is 25.9 Å². The molecule has 0 spiro atoms. The first-order valence-corrected chi connectivity index (χ1v) is 8.48. The van der Waals surface area contributed by atoms with Crippen molar-refractivity contribution in [2.45, 2.75) is 12.8 Å². The van der Waals surface area contributed by atoms with Crippen LogP contribution in [0.5, 0.6) is 0 Å². The zero-order chi connectivity index (χ0) is 16.7. The van der Waals surface area contributed by atoms with E-state index < -0.39 is 0 Å². The molecule has 5 nitrogen and oxygen atoms in total. The highest BCUT2D eigenvalue weighted by Crippen LogP contribution is 2.24. The molecular formula is C17H14Cl2N4O. The number of anilines is 1. The fourth-order valence-corrected chi connectivity index (χ4v) is 3.22. The van der Waals surface area contributed by atoms with E-state index in [4.69, 9.17) is 23.2 Å². The van der Waals surface area contributed by atoms with Crippen LogP contribution in [0.1, 0.15) is 12.8 Å². The molecule has 1 fully saturated rings. The molecule has 0 atom stereocenters. The Balaban J connectivity index is 1.81. The SMILES string of the molecule is O=c1c2cnc(N3CCCC3)nc2ccn1-c1ccc(Cl)c(Cl)c1. The average molecular weight is 361 g/mol. The smallest absolute Gasteiger partial charge is 0.266 e. The number of halogens is 2. The molecule has 7 heteroatoms. The minimum absolute atomic E-state index is 0.182. The summed E-state index contributed by atoms with van der Waals surface area (Å²) in [7, 11) is 0. The predicted molar refractivity (Wildman–Crippen MR) is 96.6 cm³/mol. The van der Waals surface area contributed by atoms with Crippen molar-refractivity contribution in [1.82, 2.24) is 14.5 Å². The van der Waals surface area contributed by atoms with Crippen molar-refractivity contribution in [1.29, 1.82) is 0 Å². The van der Waals surface area contributed by atoms with E-state index in [0.29, 0.717) is 32.6 Å². The minimum atomic E-state index is -0.182. The summed E-state index contributed by atoms with van der Waals surface area (Å²) >= 11 is 12.0. The molecular weight excluding hydrogens is 347 g/mol. The number of rotatable bonds is 2. The molecule has 0 bridgehead atoms. The topological polar surface area (TPSA) is 51.0 Å². The summed E-state index contributed by atoms with van der Waals surface area (Å²) in [4.78, 5) is 23.8. The van der Waals surface area contributed by atoms with Crippen LogP contribution in [0.15, 0.2) is 41.5 Å². The molecule has 2 aromatic heterocycles. The van der Waals surface area contributed by atoms with Crippen LogP contribution in [0.3, 0.4) is 0 Å². The molecule has 0 unspecified atom stereocenters. The van der Waals surface area contributed by atoms with Gasteiger partial charge in [0.2, 0.25) is 5.95 Å². The third-order valence-corrected chi connectivity index (χ3v) is 4.95. The second-order valence-electron chi connectivity index (χ2n) is 5.75. The number of nitrogens with zero attached hydrogens (tertiary/aromatic N) is 4. The van der Waals surface area contributed by atoms with Gasteiger partial charge >= 0.3 is 0 Å². The normalized spacial score (nSPS) is 14.5. The van der Waals surface area contributed by atoms with Crippen molar-refractivity contribution < 1.29 is 0 Å². The zero-order valence-electron chi connectivity index (χ0n) is 12.7. The molecule has 1 aliphatic rings. The van der Waals surface area contributed by atoms with Crippen LogP contribution in [0.4, 0.5) is 5.95 Å². The molecule has 4 rings (SSSR count). The van der Waals surface area contributed by atoms with E-state index in [9.17, 15) is 4.79 Å². The standard InChI is InChI=1S/C17H14Cl2N4O/c18-13-4-3-11(9-14(13)19)23-8-5-15-12(16(23)24)10-20-17(21-15)22-6-1-2-7-22/h3-5,8-10H,1-2,6-7H2. The molecule has 1 saturated heterocycles. The van der Waals surface area contributed by atoms with Crippen LogP contribution in [-0.4, -0.2) is 27.6 Å². The maximum absolute atomic E-state index is 12.8. The van der Waals surface area contributed by atoms with Gasteiger partial charge in [-0.2, -0.15) is 0 Å². The molecule has 122 valence electrons. The molecule has 1 aromatic carbocycles. The Morgan fingerprint density at radius 2 is 1.83 bits per heavy atom. The molecule has 0 saturated carbocycles. The van der Waals surface area contributed by atoms with Crippen LogP contribution in [0.2, 0.25) is 10.0 Å². The summed E-state index contributed by atoms with van der Waals surface area (Å²) in [5, 5.41) is 1.33. The summed E-state index contributed by atoms with van der Waals surface area (Å²) < 4.78 is 1.52. The van der Waals surface area contributed by atoms with E-state index in [-0.39, 0.29) is 5.56 Å².